The van der Waals surface area contributed by atoms with Gasteiger partial charge in [-0.15, -0.1) is 0 Å². The number of hydrogen-bond donors (Lipinski definition) is 0. The van der Waals surface area contributed by atoms with Crippen LogP contribution in [0.3, 0.4) is 0 Å². The van der Waals surface area contributed by atoms with Crippen molar-refractivity contribution in [1.29, 1.82) is 0 Å². The zero-order valence-electron chi connectivity index (χ0n) is 16.6. The van der Waals surface area contributed by atoms with E-state index in [-0.39, 0.29) is 17.9 Å². The number of rotatable bonds is 3. The molecule has 1 aromatic rings. The number of aromatic nitrogens is 1. The van der Waals surface area contributed by atoms with Gasteiger partial charge in [0, 0.05) is 77.2 Å². The largest absolute Gasteiger partial charge is 0.340 e. The number of likely N-dealkylation sites (tertiary alicyclic amines) is 2. The summed E-state index contributed by atoms with van der Waals surface area (Å²) in [5.74, 6) is 0.363. The lowest BCUT2D eigenvalue weighted by Gasteiger charge is -2.39. The molecular weight excluding hydrogens is 354 g/mol. The molecule has 0 atom stereocenters. The molecule has 0 aromatic carbocycles. The average molecular weight is 386 g/mol. The van der Waals surface area contributed by atoms with Crippen LogP contribution >= 0.6 is 0 Å². The van der Waals surface area contributed by atoms with Crippen LogP contribution in [0.5, 0.6) is 0 Å². The smallest absolute Gasteiger partial charge is 0.319 e. The second-order valence-corrected chi connectivity index (χ2v) is 8.20. The summed E-state index contributed by atoms with van der Waals surface area (Å²) in [7, 11) is 0. The van der Waals surface area contributed by atoms with Gasteiger partial charge >= 0.3 is 6.03 Å². The molecule has 3 saturated heterocycles. The third kappa shape index (κ3) is 4.46. The highest BCUT2D eigenvalue weighted by molar-refractivity contribution is 5.80. The Balaban J connectivity index is 1.21. The zero-order chi connectivity index (χ0) is 19.3. The van der Waals surface area contributed by atoms with E-state index in [9.17, 15) is 9.59 Å². The number of nitrogens with zero attached hydrogens (tertiary/aromatic N) is 5. The van der Waals surface area contributed by atoms with Crippen LogP contribution in [0.2, 0.25) is 0 Å². The molecule has 0 spiro atoms. The molecule has 0 radical (unpaired) electrons. The normalized spacial score (nSPS) is 21.9. The number of urea groups is 1. The van der Waals surface area contributed by atoms with Gasteiger partial charge in [-0.25, -0.2) is 4.79 Å². The minimum absolute atomic E-state index is 0.0764. The Hall–Kier alpha value is -2.15. The lowest BCUT2D eigenvalue weighted by molar-refractivity contribution is -0.138. The Morgan fingerprint density at radius 3 is 2.21 bits per heavy atom. The number of amides is 3. The van der Waals surface area contributed by atoms with Crippen molar-refractivity contribution >= 4 is 11.9 Å². The van der Waals surface area contributed by atoms with E-state index in [1.165, 1.54) is 5.56 Å². The SMILES string of the molecule is O=C(C1CCN(C(=O)N2CCCC2)CC1)N1CCN(Cc2cccnc2)CC1. The molecule has 28 heavy (non-hydrogen) atoms. The summed E-state index contributed by atoms with van der Waals surface area (Å²) in [6.45, 7) is 7.52. The van der Waals surface area contributed by atoms with Crippen molar-refractivity contribution in [2.45, 2.75) is 32.2 Å². The van der Waals surface area contributed by atoms with Crippen molar-refractivity contribution in [1.82, 2.24) is 24.6 Å². The Kier molecular flexibility index (Phi) is 6.10. The number of pyridine rings is 1. The molecule has 3 fully saturated rings. The highest BCUT2D eigenvalue weighted by Crippen LogP contribution is 2.22. The molecule has 4 rings (SSSR count). The molecular formula is C21H31N5O2. The Labute approximate surface area is 167 Å². The van der Waals surface area contributed by atoms with Crippen LogP contribution in [-0.2, 0) is 11.3 Å². The van der Waals surface area contributed by atoms with Gasteiger partial charge in [0.1, 0.15) is 0 Å². The van der Waals surface area contributed by atoms with Crippen molar-refractivity contribution in [2.24, 2.45) is 5.92 Å². The first kappa shape index (κ1) is 19.2. The number of carbonyl (C=O) groups is 2. The van der Waals surface area contributed by atoms with Gasteiger partial charge in [0.2, 0.25) is 5.91 Å². The van der Waals surface area contributed by atoms with E-state index < -0.39 is 0 Å². The molecule has 152 valence electrons. The molecule has 3 aliphatic rings. The van der Waals surface area contributed by atoms with Crippen molar-refractivity contribution in [3.63, 3.8) is 0 Å². The fraction of sp³-hybridized carbons (Fsp3) is 0.667. The lowest BCUT2D eigenvalue weighted by atomic mass is 9.95. The number of hydrogen-bond acceptors (Lipinski definition) is 4. The van der Waals surface area contributed by atoms with E-state index in [1.54, 1.807) is 6.20 Å². The first-order valence-corrected chi connectivity index (χ1v) is 10.6. The number of carbonyl (C=O) groups excluding carboxylic acids is 2. The van der Waals surface area contributed by atoms with E-state index in [2.05, 4.69) is 16.0 Å². The van der Waals surface area contributed by atoms with Gasteiger partial charge in [-0.1, -0.05) is 6.07 Å². The summed E-state index contributed by atoms with van der Waals surface area (Å²) in [6.07, 6.45) is 7.54. The third-order valence-corrected chi connectivity index (χ3v) is 6.30. The van der Waals surface area contributed by atoms with Gasteiger partial charge in [0.25, 0.3) is 0 Å². The monoisotopic (exact) mass is 385 g/mol. The molecule has 0 bridgehead atoms. The summed E-state index contributed by atoms with van der Waals surface area (Å²) in [4.78, 5) is 37.9. The Bertz CT molecular complexity index is 661. The van der Waals surface area contributed by atoms with Crippen molar-refractivity contribution < 1.29 is 9.59 Å². The maximum absolute atomic E-state index is 12.9. The fourth-order valence-corrected chi connectivity index (χ4v) is 4.56. The molecule has 7 heteroatoms. The second kappa shape index (κ2) is 8.90. The summed E-state index contributed by atoms with van der Waals surface area (Å²) >= 11 is 0. The molecule has 0 unspecified atom stereocenters. The van der Waals surface area contributed by atoms with Gasteiger partial charge < -0.3 is 14.7 Å². The lowest BCUT2D eigenvalue weighted by Crippen LogP contribution is -2.52. The molecule has 3 amide bonds. The van der Waals surface area contributed by atoms with Crippen molar-refractivity contribution in [3.05, 3.63) is 30.1 Å². The molecule has 1 aromatic heterocycles. The predicted molar refractivity (Wildman–Crippen MR) is 107 cm³/mol. The van der Waals surface area contributed by atoms with Crippen LogP contribution in [-0.4, -0.2) is 88.9 Å². The Morgan fingerprint density at radius 1 is 0.893 bits per heavy atom. The van der Waals surface area contributed by atoms with E-state index >= 15 is 0 Å². The molecule has 4 heterocycles. The summed E-state index contributed by atoms with van der Waals surface area (Å²) < 4.78 is 0. The van der Waals surface area contributed by atoms with Crippen LogP contribution < -0.4 is 0 Å². The minimum Gasteiger partial charge on any atom is -0.340 e. The topological polar surface area (TPSA) is 60.0 Å². The first-order valence-electron chi connectivity index (χ1n) is 10.6. The number of piperazine rings is 1. The first-order chi connectivity index (χ1) is 13.7. The molecule has 0 aliphatic carbocycles. The number of piperidine rings is 1. The van der Waals surface area contributed by atoms with Crippen LogP contribution in [0.4, 0.5) is 4.79 Å². The highest BCUT2D eigenvalue weighted by Gasteiger charge is 2.33. The van der Waals surface area contributed by atoms with E-state index in [4.69, 9.17) is 0 Å². The van der Waals surface area contributed by atoms with Crippen molar-refractivity contribution in [2.75, 3.05) is 52.4 Å². The van der Waals surface area contributed by atoms with Gasteiger partial charge in [0.05, 0.1) is 0 Å². The fourth-order valence-electron chi connectivity index (χ4n) is 4.56. The van der Waals surface area contributed by atoms with Crippen LogP contribution in [0, 0.1) is 5.92 Å². The zero-order valence-corrected chi connectivity index (χ0v) is 16.6. The highest BCUT2D eigenvalue weighted by atomic mass is 16.2. The Morgan fingerprint density at radius 2 is 1.57 bits per heavy atom. The summed E-state index contributed by atoms with van der Waals surface area (Å²) in [5.41, 5.74) is 1.22. The van der Waals surface area contributed by atoms with Crippen molar-refractivity contribution in [3.8, 4) is 0 Å². The summed E-state index contributed by atoms with van der Waals surface area (Å²) in [5, 5.41) is 0. The maximum Gasteiger partial charge on any atom is 0.319 e. The van der Waals surface area contributed by atoms with Gasteiger partial charge in [-0.3, -0.25) is 14.7 Å². The average Bonchev–Trinajstić information content (AvgIpc) is 3.29. The van der Waals surface area contributed by atoms with Crippen LogP contribution in [0.15, 0.2) is 24.5 Å². The second-order valence-electron chi connectivity index (χ2n) is 8.20. The molecule has 0 N–H and O–H groups in total. The molecule has 0 saturated carbocycles. The van der Waals surface area contributed by atoms with Gasteiger partial charge in [-0.2, -0.15) is 0 Å². The van der Waals surface area contributed by atoms with E-state index in [1.807, 2.05) is 27.0 Å². The maximum atomic E-state index is 12.9. The molecule has 3 aliphatic heterocycles. The quantitative estimate of drug-likeness (QED) is 0.794. The summed E-state index contributed by atoms with van der Waals surface area (Å²) in [6, 6.07) is 4.24. The standard InChI is InChI=1S/C21H31N5O2/c27-20(19-5-10-26(11-6-19)21(28)25-8-1-2-9-25)24-14-12-23(13-15-24)17-18-4-3-7-22-16-18/h3-4,7,16,19H,1-2,5-6,8-15,17H2. The van der Waals surface area contributed by atoms with Crippen LogP contribution in [0.25, 0.3) is 0 Å². The van der Waals surface area contributed by atoms with Crippen LogP contribution in [0.1, 0.15) is 31.2 Å². The minimum atomic E-state index is 0.0764. The van der Waals surface area contributed by atoms with E-state index in [0.29, 0.717) is 13.1 Å². The molecule has 7 nitrogen and oxygen atoms in total. The third-order valence-electron chi connectivity index (χ3n) is 6.30. The van der Waals surface area contributed by atoms with Gasteiger partial charge in [0.15, 0.2) is 0 Å². The predicted octanol–water partition coefficient (Wildman–Crippen LogP) is 1.65. The van der Waals surface area contributed by atoms with E-state index in [0.717, 1.165) is 71.5 Å². The van der Waals surface area contributed by atoms with Gasteiger partial charge in [-0.05, 0) is 37.3 Å².